The van der Waals surface area contributed by atoms with Crippen LogP contribution in [0.1, 0.15) is 31.7 Å². The van der Waals surface area contributed by atoms with E-state index in [9.17, 15) is 4.79 Å². The highest BCUT2D eigenvalue weighted by Gasteiger charge is 2.23. The smallest absolute Gasteiger partial charge is 0.226 e. The molecule has 3 heteroatoms. The van der Waals surface area contributed by atoms with Gasteiger partial charge in [-0.25, -0.2) is 0 Å². The molecule has 27 heavy (non-hydrogen) atoms. The molecular formula is C24H30N2O. The van der Waals surface area contributed by atoms with E-state index in [4.69, 9.17) is 0 Å². The fourth-order valence-electron chi connectivity index (χ4n) is 3.66. The van der Waals surface area contributed by atoms with Crippen molar-refractivity contribution >= 4 is 17.7 Å². The third kappa shape index (κ3) is 5.80. The lowest BCUT2D eigenvalue weighted by molar-refractivity contribution is -0.118. The normalized spacial score (nSPS) is 15.9. The fourth-order valence-corrected chi connectivity index (χ4v) is 3.66. The largest absolute Gasteiger partial charge is 0.312 e. The Morgan fingerprint density at radius 2 is 1.67 bits per heavy atom. The lowest BCUT2D eigenvalue weighted by Crippen LogP contribution is -2.41. The van der Waals surface area contributed by atoms with Gasteiger partial charge < -0.3 is 4.90 Å². The van der Waals surface area contributed by atoms with Gasteiger partial charge in [-0.1, -0.05) is 67.6 Å². The minimum absolute atomic E-state index is 0.217. The molecule has 0 saturated carbocycles. The minimum Gasteiger partial charge on any atom is -0.312 e. The third-order valence-corrected chi connectivity index (χ3v) is 5.29. The molecule has 142 valence electrons. The van der Waals surface area contributed by atoms with E-state index in [1.165, 1.54) is 5.56 Å². The number of hydrogen-bond donors (Lipinski definition) is 0. The van der Waals surface area contributed by atoms with E-state index in [0.29, 0.717) is 12.3 Å². The van der Waals surface area contributed by atoms with Crippen molar-refractivity contribution in [3.05, 3.63) is 72.3 Å². The van der Waals surface area contributed by atoms with Crippen LogP contribution in [0.4, 0.5) is 5.69 Å². The first-order valence-electron chi connectivity index (χ1n) is 10.1. The maximum absolute atomic E-state index is 12.4. The molecule has 2 aromatic carbocycles. The van der Waals surface area contributed by atoms with Crippen molar-refractivity contribution in [2.24, 2.45) is 5.92 Å². The van der Waals surface area contributed by atoms with Gasteiger partial charge in [0.2, 0.25) is 5.91 Å². The molecule has 3 nitrogen and oxygen atoms in total. The number of benzene rings is 2. The molecule has 1 aliphatic rings. The summed E-state index contributed by atoms with van der Waals surface area (Å²) in [4.78, 5) is 16.9. The van der Waals surface area contributed by atoms with Gasteiger partial charge in [0.25, 0.3) is 0 Å². The van der Waals surface area contributed by atoms with Crippen LogP contribution in [0.2, 0.25) is 0 Å². The molecule has 0 aliphatic carbocycles. The summed E-state index contributed by atoms with van der Waals surface area (Å²) >= 11 is 0. The maximum Gasteiger partial charge on any atom is 0.226 e. The summed E-state index contributed by atoms with van der Waals surface area (Å²) in [6.45, 7) is 5.99. The van der Waals surface area contributed by atoms with Gasteiger partial charge in [0.1, 0.15) is 0 Å². The molecule has 1 amide bonds. The quantitative estimate of drug-likeness (QED) is 0.702. The summed E-state index contributed by atoms with van der Waals surface area (Å²) in [5.74, 6) is 0.796. The second-order valence-corrected chi connectivity index (χ2v) is 7.25. The molecule has 1 fully saturated rings. The SMILES string of the molecule is CCC(=O)N(CC1CCN(C/C=C/c2ccccc2)CC1)c1ccccc1. The Kier molecular flexibility index (Phi) is 7.23. The van der Waals surface area contributed by atoms with Gasteiger partial charge in [-0.2, -0.15) is 0 Å². The zero-order valence-electron chi connectivity index (χ0n) is 16.3. The van der Waals surface area contributed by atoms with Crippen molar-refractivity contribution in [3.63, 3.8) is 0 Å². The summed E-state index contributed by atoms with van der Waals surface area (Å²) in [5, 5.41) is 0. The number of anilines is 1. The standard InChI is InChI=1S/C24H30N2O/c1-2-24(27)26(23-13-7-4-8-14-23)20-22-15-18-25(19-16-22)17-9-12-21-10-5-3-6-11-21/h3-14,22H,2,15-20H2,1H3/b12-9+. The number of carbonyl (C=O) groups is 1. The van der Waals surface area contributed by atoms with Crippen LogP contribution in [0.3, 0.4) is 0 Å². The Morgan fingerprint density at radius 3 is 2.30 bits per heavy atom. The van der Waals surface area contributed by atoms with Gasteiger partial charge >= 0.3 is 0 Å². The Morgan fingerprint density at radius 1 is 1.04 bits per heavy atom. The minimum atomic E-state index is 0.217. The Labute approximate surface area is 163 Å². The van der Waals surface area contributed by atoms with E-state index in [0.717, 1.165) is 44.7 Å². The monoisotopic (exact) mass is 362 g/mol. The number of piperidine rings is 1. The molecule has 2 aromatic rings. The number of nitrogens with zero attached hydrogens (tertiary/aromatic N) is 2. The zero-order valence-corrected chi connectivity index (χ0v) is 16.3. The van der Waals surface area contributed by atoms with E-state index in [-0.39, 0.29) is 5.91 Å². The van der Waals surface area contributed by atoms with Crippen molar-refractivity contribution in [2.75, 3.05) is 31.1 Å². The fraction of sp³-hybridized carbons (Fsp3) is 0.375. The van der Waals surface area contributed by atoms with E-state index >= 15 is 0 Å². The van der Waals surface area contributed by atoms with E-state index < -0.39 is 0 Å². The number of hydrogen-bond acceptors (Lipinski definition) is 2. The molecule has 0 N–H and O–H groups in total. The first-order chi connectivity index (χ1) is 13.3. The van der Waals surface area contributed by atoms with Crippen LogP contribution in [-0.4, -0.2) is 37.0 Å². The van der Waals surface area contributed by atoms with E-state index in [1.807, 2.05) is 48.2 Å². The van der Waals surface area contributed by atoms with Crippen molar-refractivity contribution in [2.45, 2.75) is 26.2 Å². The number of para-hydroxylation sites is 1. The van der Waals surface area contributed by atoms with Crippen LogP contribution in [0.15, 0.2) is 66.7 Å². The van der Waals surface area contributed by atoms with Crippen LogP contribution >= 0.6 is 0 Å². The highest BCUT2D eigenvalue weighted by molar-refractivity contribution is 5.93. The maximum atomic E-state index is 12.4. The number of rotatable bonds is 7. The third-order valence-electron chi connectivity index (χ3n) is 5.29. The molecule has 3 rings (SSSR count). The van der Waals surface area contributed by atoms with Crippen molar-refractivity contribution in [1.82, 2.24) is 4.90 Å². The summed E-state index contributed by atoms with van der Waals surface area (Å²) in [6.07, 6.45) is 7.31. The molecule has 0 aromatic heterocycles. The molecule has 1 heterocycles. The van der Waals surface area contributed by atoms with Crippen LogP contribution in [0, 0.1) is 5.92 Å². The topological polar surface area (TPSA) is 23.6 Å². The van der Waals surface area contributed by atoms with Gasteiger partial charge in [0.05, 0.1) is 0 Å². The second kappa shape index (κ2) is 10.1. The second-order valence-electron chi connectivity index (χ2n) is 7.25. The molecule has 0 bridgehead atoms. The number of amides is 1. The predicted molar refractivity (Wildman–Crippen MR) is 114 cm³/mol. The van der Waals surface area contributed by atoms with Gasteiger partial charge in [0.15, 0.2) is 0 Å². The molecule has 1 aliphatic heterocycles. The molecule has 1 saturated heterocycles. The van der Waals surface area contributed by atoms with Crippen LogP contribution in [0.5, 0.6) is 0 Å². The Balaban J connectivity index is 1.49. The van der Waals surface area contributed by atoms with Crippen LogP contribution in [0.25, 0.3) is 6.08 Å². The molecule has 0 spiro atoms. The lowest BCUT2D eigenvalue weighted by atomic mass is 9.95. The van der Waals surface area contributed by atoms with Crippen molar-refractivity contribution < 1.29 is 4.79 Å². The average Bonchev–Trinajstić information content (AvgIpc) is 2.74. The summed E-state index contributed by atoms with van der Waals surface area (Å²) in [6, 6.07) is 20.5. The van der Waals surface area contributed by atoms with E-state index in [1.54, 1.807) is 0 Å². The number of carbonyl (C=O) groups excluding carboxylic acids is 1. The molecule has 0 atom stereocenters. The average molecular weight is 363 g/mol. The predicted octanol–water partition coefficient (Wildman–Crippen LogP) is 4.86. The van der Waals surface area contributed by atoms with Crippen molar-refractivity contribution in [3.8, 4) is 0 Å². The van der Waals surface area contributed by atoms with Crippen molar-refractivity contribution in [1.29, 1.82) is 0 Å². The molecular weight excluding hydrogens is 332 g/mol. The van der Waals surface area contributed by atoms with Crippen LogP contribution in [-0.2, 0) is 4.79 Å². The summed E-state index contributed by atoms with van der Waals surface area (Å²) < 4.78 is 0. The zero-order chi connectivity index (χ0) is 18.9. The summed E-state index contributed by atoms with van der Waals surface area (Å²) in [7, 11) is 0. The molecule has 0 unspecified atom stereocenters. The number of likely N-dealkylation sites (tertiary alicyclic amines) is 1. The van der Waals surface area contributed by atoms with Gasteiger partial charge in [-0.05, 0) is 49.5 Å². The van der Waals surface area contributed by atoms with Gasteiger partial charge in [-0.3, -0.25) is 9.69 Å². The highest BCUT2D eigenvalue weighted by atomic mass is 16.2. The molecule has 0 radical (unpaired) electrons. The van der Waals surface area contributed by atoms with E-state index in [2.05, 4.69) is 41.3 Å². The highest BCUT2D eigenvalue weighted by Crippen LogP contribution is 2.23. The van der Waals surface area contributed by atoms with Gasteiger partial charge in [0, 0.05) is 25.2 Å². The first-order valence-corrected chi connectivity index (χ1v) is 10.1. The lowest BCUT2D eigenvalue weighted by Gasteiger charge is -2.34. The summed E-state index contributed by atoms with van der Waals surface area (Å²) in [5.41, 5.74) is 2.28. The first kappa shape index (κ1) is 19.4. The Bertz CT molecular complexity index is 719. The van der Waals surface area contributed by atoms with Crippen LogP contribution < -0.4 is 4.90 Å². The van der Waals surface area contributed by atoms with Gasteiger partial charge in [-0.15, -0.1) is 0 Å². The Hall–Kier alpha value is -2.39.